The molecule has 1 aliphatic rings. The summed E-state index contributed by atoms with van der Waals surface area (Å²) >= 11 is 1.32. The monoisotopic (exact) mass is 417 g/mol. The Balaban J connectivity index is 1.62. The van der Waals surface area contributed by atoms with E-state index >= 15 is 0 Å². The van der Waals surface area contributed by atoms with Crippen LogP contribution in [0.5, 0.6) is 0 Å². The minimum atomic E-state index is -3.34. The number of sulfone groups is 1. The number of anilines is 1. The van der Waals surface area contributed by atoms with E-state index in [1.54, 1.807) is 30.3 Å². The number of nitrogens with zero attached hydrogens (tertiary/aromatic N) is 1. The van der Waals surface area contributed by atoms with Gasteiger partial charge in [-0.05, 0) is 30.3 Å². The number of amides is 1. The lowest BCUT2D eigenvalue weighted by Gasteiger charge is -2.27. The van der Waals surface area contributed by atoms with Gasteiger partial charge in [-0.15, -0.1) is 11.8 Å². The van der Waals surface area contributed by atoms with Crippen molar-refractivity contribution in [3.8, 4) is 0 Å². The molecule has 0 saturated carbocycles. The Morgan fingerprint density at radius 3 is 2.29 bits per heavy atom. The third kappa shape index (κ3) is 5.46. The number of ether oxygens (including phenoxy) is 1. The van der Waals surface area contributed by atoms with Gasteiger partial charge in [0.15, 0.2) is 16.4 Å². The van der Waals surface area contributed by atoms with Crippen molar-refractivity contribution < 1.29 is 22.7 Å². The first-order valence-corrected chi connectivity index (χ1v) is 11.3. The quantitative estimate of drug-likeness (QED) is 0.509. The van der Waals surface area contributed by atoms with E-state index < -0.39 is 34.4 Å². The number of para-hydroxylation sites is 1. The van der Waals surface area contributed by atoms with Gasteiger partial charge >= 0.3 is 5.97 Å². The second-order valence-electron chi connectivity index (χ2n) is 6.09. The van der Waals surface area contributed by atoms with Crippen molar-refractivity contribution in [2.24, 2.45) is 0 Å². The largest absolute Gasteiger partial charge is 0.455 e. The van der Waals surface area contributed by atoms with Crippen molar-refractivity contribution in [3.63, 3.8) is 0 Å². The molecule has 1 heterocycles. The van der Waals surface area contributed by atoms with Crippen LogP contribution in [0.15, 0.2) is 77.0 Å². The van der Waals surface area contributed by atoms with Gasteiger partial charge < -0.3 is 9.64 Å². The van der Waals surface area contributed by atoms with Crippen LogP contribution in [-0.2, 0) is 24.2 Å². The van der Waals surface area contributed by atoms with Crippen LogP contribution >= 0.6 is 11.8 Å². The van der Waals surface area contributed by atoms with Crippen LogP contribution in [0.25, 0.3) is 0 Å². The van der Waals surface area contributed by atoms with Gasteiger partial charge in [-0.25, -0.2) is 8.42 Å². The van der Waals surface area contributed by atoms with Gasteiger partial charge in [0.05, 0.1) is 17.5 Å². The Hall–Kier alpha value is -2.58. The number of benzene rings is 2. The van der Waals surface area contributed by atoms with Gasteiger partial charge in [-0.3, -0.25) is 9.59 Å². The third-order valence-electron chi connectivity index (χ3n) is 4.00. The first-order chi connectivity index (χ1) is 13.4. The molecular formula is C20H19NO5S2. The van der Waals surface area contributed by atoms with Crippen LogP contribution in [0.1, 0.15) is 0 Å². The van der Waals surface area contributed by atoms with Gasteiger partial charge in [0.1, 0.15) is 0 Å². The molecule has 0 unspecified atom stereocenters. The summed E-state index contributed by atoms with van der Waals surface area (Å²) in [5.41, 5.74) is 0.550. The number of esters is 1. The van der Waals surface area contributed by atoms with Crippen LogP contribution in [0.3, 0.4) is 0 Å². The van der Waals surface area contributed by atoms with Gasteiger partial charge in [-0.2, -0.15) is 0 Å². The molecule has 146 valence electrons. The molecule has 1 atom stereocenters. The van der Waals surface area contributed by atoms with E-state index in [1.165, 1.54) is 22.7 Å². The normalized spacial score (nSPS) is 17.2. The second-order valence-corrected chi connectivity index (χ2v) is 9.07. The van der Waals surface area contributed by atoms with Gasteiger partial charge in [0.2, 0.25) is 0 Å². The van der Waals surface area contributed by atoms with Gasteiger partial charge in [0.25, 0.3) is 5.91 Å². The minimum Gasteiger partial charge on any atom is -0.455 e. The summed E-state index contributed by atoms with van der Waals surface area (Å²) < 4.78 is 28.7. The lowest BCUT2D eigenvalue weighted by Crippen LogP contribution is -2.43. The molecule has 0 aliphatic carbocycles. The lowest BCUT2D eigenvalue weighted by molar-refractivity contribution is -0.145. The maximum Gasteiger partial charge on any atom is 0.316 e. The van der Waals surface area contributed by atoms with E-state index in [-0.39, 0.29) is 11.5 Å². The minimum absolute atomic E-state index is 0.0837. The van der Waals surface area contributed by atoms with Crippen LogP contribution in [0.2, 0.25) is 0 Å². The average Bonchev–Trinajstić information content (AvgIpc) is 3.06. The standard InChI is InChI=1S/C20H19NO5S2/c22-19(13-26-20(23)14-27-18-9-5-2-6-10-18)21(16-7-3-1-4-8-16)17-11-12-28(24,25)15-17/h1-12,17H,13-15H2/t17-/m0/s1. The molecule has 1 amide bonds. The Morgan fingerprint density at radius 2 is 1.68 bits per heavy atom. The molecule has 0 saturated heterocycles. The second kappa shape index (κ2) is 9.07. The molecule has 0 radical (unpaired) electrons. The number of hydrogen-bond donors (Lipinski definition) is 0. The smallest absolute Gasteiger partial charge is 0.316 e. The first kappa shape index (κ1) is 20.2. The van der Waals surface area contributed by atoms with Crippen molar-refractivity contribution in [2.45, 2.75) is 10.9 Å². The molecule has 8 heteroatoms. The van der Waals surface area contributed by atoms with Crippen LogP contribution in [0.4, 0.5) is 5.69 Å². The fraction of sp³-hybridized carbons (Fsp3) is 0.200. The molecule has 2 aromatic rings. The zero-order valence-electron chi connectivity index (χ0n) is 14.9. The number of carbonyl (C=O) groups is 2. The van der Waals surface area contributed by atoms with Crippen LogP contribution in [0, 0.1) is 0 Å². The fourth-order valence-corrected chi connectivity index (χ4v) is 4.73. The zero-order chi connectivity index (χ0) is 20.0. The highest BCUT2D eigenvalue weighted by Gasteiger charge is 2.31. The number of carbonyl (C=O) groups excluding carboxylic acids is 2. The lowest BCUT2D eigenvalue weighted by atomic mass is 10.2. The van der Waals surface area contributed by atoms with Gasteiger partial charge in [0, 0.05) is 16.0 Å². The zero-order valence-corrected chi connectivity index (χ0v) is 16.6. The molecule has 0 fully saturated rings. The summed E-state index contributed by atoms with van der Waals surface area (Å²) in [7, 11) is -3.34. The SMILES string of the molecule is O=C(CSc1ccccc1)OCC(=O)N(c1ccccc1)[C@H]1C=CS(=O)(=O)C1. The Kier molecular flexibility index (Phi) is 6.53. The third-order valence-corrected chi connectivity index (χ3v) is 6.37. The number of thioether (sulfide) groups is 1. The van der Waals surface area contributed by atoms with Crippen molar-refractivity contribution in [1.82, 2.24) is 0 Å². The summed E-state index contributed by atoms with van der Waals surface area (Å²) in [4.78, 5) is 27.0. The number of rotatable bonds is 7. The molecular weight excluding hydrogens is 398 g/mol. The van der Waals surface area contributed by atoms with Crippen LogP contribution in [-0.4, -0.2) is 44.4 Å². The highest BCUT2D eigenvalue weighted by atomic mass is 32.2. The Bertz CT molecular complexity index is 959. The van der Waals surface area contributed by atoms with Crippen LogP contribution < -0.4 is 4.90 Å². The first-order valence-electron chi connectivity index (χ1n) is 8.56. The van der Waals surface area contributed by atoms with E-state index in [1.807, 2.05) is 30.3 Å². The fourth-order valence-electron chi connectivity index (χ4n) is 2.74. The summed E-state index contributed by atoms with van der Waals surface area (Å²) in [5, 5.41) is 1.11. The topological polar surface area (TPSA) is 80.8 Å². The van der Waals surface area contributed by atoms with Crippen molar-refractivity contribution in [2.75, 3.05) is 23.0 Å². The molecule has 2 aromatic carbocycles. The highest BCUT2D eigenvalue weighted by Crippen LogP contribution is 2.23. The highest BCUT2D eigenvalue weighted by molar-refractivity contribution is 8.00. The van der Waals surface area contributed by atoms with Gasteiger partial charge in [-0.1, -0.05) is 36.4 Å². The Labute approximate surface area is 168 Å². The summed E-state index contributed by atoms with van der Waals surface area (Å²) in [6, 6.07) is 17.5. The molecule has 0 aromatic heterocycles. The van der Waals surface area contributed by atoms with E-state index in [0.29, 0.717) is 5.69 Å². The predicted molar refractivity (Wildman–Crippen MR) is 109 cm³/mol. The van der Waals surface area contributed by atoms with E-state index in [2.05, 4.69) is 0 Å². The summed E-state index contributed by atoms with van der Waals surface area (Å²) in [6.07, 6.45) is 1.48. The van der Waals surface area contributed by atoms with E-state index in [4.69, 9.17) is 4.74 Å². The molecule has 28 heavy (non-hydrogen) atoms. The summed E-state index contributed by atoms with van der Waals surface area (Å²) in [5.74, 6) is -1.09. The number of hydrogen-bond acceptors (Lipinski definition) is 6. The maximum atomic E-state index is 12.7. The molecule has 3 rings (SSSR count). The predicted octanol–water partition coefficient (Wildman–Crippen LogP) is 2.67. The van der Waals surface area contributed by atoms with Crippen molar-refractivity contribution in [1.29, 1.82) is 0 Å². The Morgan fingerprint density at radius 1 is 1.04 bits per heavy atom. The molecule has 0 N–H and O–H groups in total. The summed E-state index contributed by atoms with van der Waals surface area (Å²) in [6.45, 7) is -0.451. The molecule has 0 bridgehead atoms. The maximum absolute atomic E-state index is 12.7. The molecule has 6 nitrogen and oxygen atoms in total. The van der Waals surface area contributed by atoms with E-state index in [0.717, 1.165) is 10.3 Å². The average molecular weight is 418 g/mol. The molecule has 1 aliphatic heterocycles. The molecule has 0 spiro atoms. The van der Waals surface area contributed by atoms with Crippen molar-refractivity contribution in [3.05, 3.63) is 72.1 Å². The van der Waals surface area contributed by atoms with E-state index in [9.17, 15) is 18.0 Å². The van der Waals surface area contributed by atoms with Crippen molar-refractivity contribution >= 4 is 39.2 Å².